The van der Waals surface area contributed by atoms with E-state index in [9.17, 15) is 29.3 Å². The predicted molar refractivity (Wildman–Crippen MR) is 103 cm³/mol. The number of imide groups is 1. The van der Waals surface area contributed by atoms with Gasteiger partial charge in [0.15, 0.2) is 6.61 Å². The lowest BCUT2D eigenvalue weighted by molar-refractivity contribution is -0.384. The van der Waals surface area contributed by atoms with Gasteiger partial charge in [-0.2, -0.15) is 0 Å². The molecule has 0 bridgehead atoms. The molecule has 1 saturated heterocycles. The fraction of sp³-hybridized carbons (Fsp3) is 0.444. The van der Waals surface area contributed by atoms with Gasteiger partial charge in [0.1, 0.15) is 6.54 Å². The van der Waals surface area contributed by atoms with Crippen LogP contribution >= 0.6 is 15.9 Å². The van der Waals surface area contributed by atoms with E-state index in [1.807, 2.05) is 0 Å². The molecule has 3 amide bonds. The molecule has 0 aromatic heterocycles. The normalized spacial score (nSPS) is 20.9. The number of ether oxygens (including phenoxy) is 1. The molecule has 2 fully saturated rings. The summed E-state index contributed by atoms with van der Waals surface area (Å²) >= 11 is 3.12. The fourth-order valence-electron chi connectivity index (χ4n) is 3.61. The highest BCUT2D eigenvalue weighted by atomic mass is 79.9. The van der Waals surface area contributed by atoms with Crippen molar-refractivity contribution in [2.75, 3.05) is 18.5 Å². The minimum Gasteiger partial charge on any atom is -0.454 e. The van der Waals surface area contributed by atoms with Crippen molar-refractivity contribution in [1.29, 1.82) is 0 Å². The quantitative estimate of drug-likeness (QED) is 0.292. The zero-order valence-corrected chi connectivity index (χ0v) is 16.8. The number of esters is 1. The highest BCUT2D eigenvalue weighted by Gasteiger charge is 2.48. The Kier molecular flexibility index (Phi) is 6.26. The van der Waals surface area contributed by atoms with Crippen molar-refractivity contribution in [3.8, 4) is 0 Å². The molecule has 11 heteroatoms. The number of carbonyl (C=O) groups excluding carboxylic acids is 4. The number of nitrogens with zero attached hydrogens (tertiary/aromatic N) is 2. The number of fused-ring (bicyclic) bond motifs is 1. The number of benzene rings is 1. The molecule has 3 rings (SSSR count). The molecule has 2 atom stereocenters. The van der Waals surface area contributed by atoms with Gasteiger partial charge in [-0.25, -0.2) is 0 Å². The van der Waals surface area contributed by atoms with Crippen LogP contribution in [0.5, 0.6) is 0 Å². The van der Waals surface area contributed by atoms with Crippen LogP contribution in [0.15, 0.2) is 22.7 Å². The van der Waals surface area contributed by atoms with Crippen molar-refractivity contribution in [1.82, 2.24) is 4.90 Å². The molecule has 29 heavy (non-hydrogen) atoms. The van der Waals surface area contributed by atoms with Crippen LogP contribution in [0, 0.1) is 22.0 Å². The van der Waals surface area contributed by atoms with E-state index in [2.05, 4.69) is 21.2 Å². The van der Waals surface area contributed by atoms with Crippen molar-refractivity contribution < 1.29 is 28.8 Å². The van der Waals surface area contributed by atoms with Gasteiger partial charge in [0.05, 0.1) is 22.4 Å². The van der Waals surface area contributed by atoms with Gasteiger partial charge in [-0.05, 0) is 34.8 Å². The molecule has 10 nitrogen and oxygen atoms in total. The molecule has 1 N–H and O–H groups in total. The van der Waals surface area contributed by atoms with Crippen molar-refractivity contribution in [2.45, 2.75) is 25.7 Å². The molecule has 0 radical (unpaired) electrons. The summed E-state index contributed by atoms with van der Waals surface area (Å²) in [6.07, 6.45) is 3.06. The first kappa shape index (κ1) is 20.9. The highest BCUT2D eigenvalue weighted by molar-refractivity contribution is 9.10. The molecule has 1 aromatic rings. The van der Waals surface area contributed by atoms with Crippen LogP contribution in [0.4, 0.5) is 11.4 Å². The molecular formula is C18H18BrN3O7. The maximum Gasteiger partial charge on any atom is 0.326 e. The van der Waals surface area contributed by atoms with Gasteiger partial charge in [0, 0.05) is 16.6 Å². The molecule has 1 aromatic carbocycles. The summed E-state index contributed by atoms with van der Waals surface area (Å²) in [5, 5.41) is 13.2. The average molecular weight is 468 g/mol. The monoisotopic (exact) mass is 467 g/mol. The first-order valence-electron chi connectivity index (χ1n) is 9.02. The maximum absolute atomic E-state index is 12.3. The Morgan fingerprint density at radius 2 is 1.83 bits per heavy atom. The second kappa shape index (κ2) is 8.68. The topological polar surface area (TPSA) is 136 Å². The summed E-state index contributed by atoms with van der Waals surface area (Å²) < 4.78 is 5.16. The van der Waals surface area contributed by atoms with Crippen LogP contribution in [0.2, 0.25) is 0 Å². The number of non-ortho nitro benzene ring substituents is 1. The number of rotatable bonds is 6. The van der Waals surface area contributed by atoms with E-state index in [0.717, 1.165) is 17.7 Å². The number of hydrogen-bond acceptors (Lipinski definition) is 7. The zero-order chi connectivity index (χ0) is 21.1. The minimum atomic E-state index is -0.858. The summed E-state index contributed by atoms with van der Waals surface area (Å²) in [5.41, 5.74) is 0.118. The van der Waals surface area contributed by atoms with E-state index < -0.39 is 30.0 Å². The van der Waals surface area contributed by atoms with E-state index in [-0.39, 0.29) is 35.0 Å². The number of nitrogens with one attached hydrogen (secondary N) is 1. The highest BCUT2D eigenvalue weighted by Crippen LogP contribution is 2.37. The number of nitro benzene ring substituents is 1. The first-order valence-corrected chi connectivity index (χ1v) is 9.82. The van der Waals surface area contributed by atoms with Crippen LogP contribution in [-0.2, 0) is 23.9 Å². The lowest BCUT2D eigenvalue weighted by Crippen LogP contribution is -2.37. The fourth-order valence-corrected chi connectivity index (χ4v) is 4.08. The molecule has 2 aliphatic rings. The lowest BCUT2D eigenvalue weighted by Gasteiger charge is -2.19. The molecule has 2 unspecified atom stereocenters. The van der Waals surface area contributed by atoms with E-state index in [1.165, 1.54) is 18.2 Å². The molecule has 1 saturated carbocycles. The summed E-state index contributed by atoms with van der Waals surface area (Å²) in [6, 6.07) is 3.79. The average Bonchev–Trinajstić information content (AvgIpc) is 2.93. The smallest absolute Gasteiger partial charge is 0.326 e. The standard InChI is InChI=1S/C18H18BrN3O7/c19-13-7-10(22(27)28)5-6-14(13)20-15(23)9-29-16(24)8-21-17(25)11-3-1-2-4-12(11)18(21)26/h5-7,11-12H,1-4,8-9H2,(H,20,23). The molecule has 1 aliphatic carbocycles. The van der Waals surface area contributed by atoms with Crippen LogP contribution in [0.1, 0.15) is 25.7 Å². The largest absolute Gasteiger partial charge is 0.454 e. The van der Waals surface area contributed by atoms with Crippen molar-refractivity contribution in [3.63, 3.8) is 0 Å². The van der Waals surface area contributed by atoms with Crippen LogP contribution in [-0.4, -0.2) is 46.7 Å². The Morgan fingerprint density at radius 3 is 2.38 bits per heavy atom. The Morgan fingerprint density at radius 1 is 1.21 bits per heavy atom. The summed E-state index contributed by atoms with van der Waals surface area (Å²) in [5.74, 6) is -2.94. The van der Waals surface area contributed by atoms with Gasteiger partial charge in [0.2, 0.25) is 11.8 Å². The van der Waals surface area contributed by atoms with Crippen molar-refractivity contribution in [2.24, 2.45) is 11.8 Å². The van der Waals surface area contributed by atoms with Crippen molar-refractivity contribution >= 4 is 51.0 Å². The van der Waals surface area contributed by atoms with E-state index in [0.29, 0.717) is 17.3 Å². The molecular weight excluding hydrogens is 450 g/mol. The lowest BCUT2D eigenvalue weighted by atomic mass is 9.81. The number of amides is 3. The maximum atomic E-state index is 12.3. The second-order valence-electron chi connectivity index (χ2n) is 6.89. The Balaban J connectivity index is 1.50. The minimum absolute atomic E-state index is 0.151. The zero-order valence-electron chi connectivity index (χ0n) is 15.3. The Bertz CT molecular complexity index is 864. The van der Waals surface area contributed by atoms with Gasteiger partial charge >= 0.3 is 5.97 Å². The van der Waals surface area contributed by atoms with Gasteiger partial charge in [-0.1, -0.05) is 12.8 Å². The Labute approximate surface area is 173 Å². The van der Waals surface area contributed by atoms with Crippen molar-refractivity contribution in [3.05, 3.63) is 32.8 Å². The SMILES string of the molecule is O=C(COC(=O)CN1C(=O)C2CCCCC2C1=O)Nc1ccc([N+](=O)[O-])cc1Br. The van der Waals surface area contributed by atoms with E-state index in [1.54, 1.807) is 0 Å². The van der Waals surface area contributed by atoms with Crippen LogP contribution in [0.25, 0.3) is 0 Å². The number of likely N-dealkylation sites (tertiary alicyclic amines) is 1. The number of halogens is 1. The third-order valence-corrected chi connectivity index (χ3v) is 5.68. The van der Waals surface area contributed by atoms with E-state index >= 15 is 0 Å². The van der Waals surface area contributed by atoms with Gasteiger partial charge in [0.25, 0.3) is 11.6 Å². The molecule has 1 heterocycles. The number of hydrogen-bond donors (Lipinski definition) is 1. The summed E-state index contributed by atoms with van der Waals surface area (Å²) in [6.45, 7) is -1.13. The number of anilines is 1. The number of carbonyl (C=O) groups is 4. The third kappa shape index (κ3) is 4.61. The van der Waals surface area contributed by atoms with E-state index in [4.69, 9.17) is 4.74 Å². The van der Waals surface area contributed by atoms with Crippen LogP contribution in [0.3, 0.4) is 0 Å². The number of nitro groups is 1. The second-order valence-corrected chi connectivity index (χ2v) is 7.74. The molecule has 0 spiro atoms. The van der Waals surface area contributed by atoms with Gasteiger partial charge in [-0.15, -0.1) is 0 Å². The summed E-state index contributed by atoms with van der Waals surface area (Å²) in [7, 11) is 0. The van der Waals surface area contributed by atoms with Gasteiger partial charge < -0.3 is 10.1 Å². The third-order valence-electron chi connectivity index (χ3n) is 5.02. The predicted octanol–water partition coefficient (Wildman–Crippen LogP) is 2.01. The Hall–Kier alpha value is -2.82. The molecule has 154 valence electrons. The van der Waals surface area contributed by atoms with Gasteiger partial charge in [-0.3, -0.25) is 34.2 Å². The first-order chi connectivity index (χ1) is 13.8. The molecule has 1 aliphatic heterocycles. The summed E-state index contributed by atoms with van der Waals surface area (Å²) in [4.78, 5) is 59.7. The van der Waals surface area contributed by atoms with Crippen LogP contribution < -0.4 is 5.32 Å².